The molecule has 0 N–H and O–H groups in total. The van der Waals surface area contributed by atoms with Crippen LogP contribution in [-0.4, -0.2) is 50.0 Å². The van der Waals surface area contributed by atoms with E-state index in [0.29, 0.717) is 43.2 Å². The van der Waals surface area contributed by atoms with Crippen LogP contribution in [0.2, 0.25) is 5.02 Å². The highest BCUT2D eigenvalue weighted by Gasteiger charge is 2.29. The second-order valence-electron chi connectivity index (χ2n) is 7.97. The maximum atomic E-state index is 13.3. The molecule has 4 rings (SSSR count). The fourth-order valence-electron chi connectivity index (χ4n) is 4.02. The van der Waals surface area contributed by atoms with Gasteiger partial charge >= 0.3 is 0 Å². The number of nitrogens with zero attached hydrogens (tertiary/aromatic N) is 2. The molecule has 0 atom stereocenters. The van der Waals surface area contributed by atoms with Crippen LogP contribution in [-0.2, 0) is 16.6 Å². The van der Waals surface area contributed by atoms with Gasteiger partial charge in [-0.05, 0) is 55.7 Å². The molecule has 2 aromatic rings. The smallest absolute Gasteiger partial charge is 0.254 e. The van der Waals surface area contributed by atoms with Crippen LogP contribution in [0.3, 0.4) is 0 Å². The van der Waals surface area contributed by atoms with Crippen molar-refractivity contribution in [1.29, 1.82) is 0 Å². The minimum Gasteiger partial charge on any atom is -0.454 e. The van der Waals surface area contributed by atoms with Crippen LogP contribution in [0, 0.1) is 0 Å². The van der Waals surface area contributed by atoms with Gasteiger partial charge in [-0.15, -0.1) is 0 Å². The number of carbonyl (C=O) groups excluding carboxylic acids is 1. The van der Waals surface area contributed by atoms with Crippen molar-refractivity contribution in [3.05, 3.63) is 52.5 Å². The highest BCUT2D eigenvalue weighted by atomic mass is 35.5. The number of hydrogen-bond acceptors (Lipinski definition) is 5. The van der Waals surface area contributed by atoms with Crippen LogP contribution < -0.4 is 9.47 Å². The molecule has 9 heteroatoms. The summed E-state index contributed by atoms with van der Waals surface area (Å²) in [6, 6.07) is 10.1. The first-order valence-electron chi connectivity index (χ1n) is 10.9. The molecule has 2 aliphatic rings. The molecular formula is C23H27ClN2O5S. The van der Waals surface area contributed by atoms with E-state index >= 15 is 0 Å². The van der Waals surface area contributed by atoms with Gasteiger partial charge in [0.1, 0.15) is 4.90 Å². The topological polar surface area (TPSA) is 76.1 Å². The van der Waals surface area contributed by atoms with E-state index in [4.69, 9.17) is 21.1 Å². The fourth-order valence-corrected chi connectivity index (χ4v) is 6.04. The molecule has 0 radical (unpaired) electrons. The Kier molecular flexibility index (Phi) is 6.93. The monoisotopic (exact) mass is 478 g/mol. The molecule has 0 spiro atoms. The van der Waals surface area contributed by atoms with Crippen molar-refractivity contribution in [1.82, 2.24) is 9.21 Å². The van der Waals surface area contributed by atoms with E-state index in [-0.39, 0.29) is 22.6 Å². The van der Waals surface area contributed by atoms with E-state index in [0.717, 1.165) is 31.2 Å². The van der Waals surface area contributed by atoms with Crippen molar-refractivity contribution in [3.8, 4) is 11.5 Å². The lowest BCUT2D eigenvalue weighted by atomic mass is 10.1. The third-order valence-electron chi connectivity index (χ3n) is 5.84. The third-order valence-corrected chi connectivity index (χ3v) is 8.22. The molecule has 0 aliphatic carbocycles. The minimum atomic E-state index is -3.77. The van der Waals surface area contributed by atoms with Gasteiger partial charge in [-0.2, -0.15) is 4.31 Å². The summed E-state index contributed by atoms with van der Waals surface area (Å²) in [6.07, 6.45) is 3.69. The number of amides is 1. The van der Waals surface area contributed by atoms with Gasteiger partial charge < -0.3 is 14.4 Å². The predicted molar refractivity (Wildman–Crippen MR) is 122 cm³/mol. The zero-order valence-electron chi connectivity index (χ0n) is 18.0. The maximum absolute atomic E-state index is 13.3. The largest absolute Gasteiger partial charge is 0.454 e. The predicted octanol–water partition coefficient (Wildman–Crippen LogP) is 4.30. The molecule has 0 saturated carbocycles. The number of benzene rings is 2. The zero-order valence-corrected chi connectivity index (χ0v) is 19.6. The van der Waals surface area contributed by atoms with Crippen LogP contribution in [0.25, 0.3) is 0 Å². The van der Waals surface area contributed by atoms with Gasteiger partial charge in [-0.25, -0.2) is 8.42 Å². The zero-order chi connectivity index (χ0) is 22.7. The van der Waals surface area contributed by atoms with Crippen molar-refractivity contribution in [2.45, 2.75) is 44.0 Å². The molecule has 2 aromatic carbocycles. The summed E-state index contributed by atoms with van der Waals surface area (Å²) < 4.78 is 38.8. The molecule has 2 heterocycles. The summed E-state index contributed by atoms with van der Waals surface area (Å²) in [5.74, 6) is 1.08. The molecule has 32 heavy (non-hydrogen) atoms. The van der Waals surface area contributed by atoms with Gasteiger partial charge in [0.2, 0.25) is 16.8 Å². The summed E-state index contributed by atoms with van der Waals surface area (Å²) in [6.45, 7) is 3.85. The number of hydrogen-bond donors (Lipinski definition) is 0. The SMILES string of the molecule is CCN(Cc1ccc2c(c1)OCO2)C(=O)c1ccc(Cl)c(S(=O)(=O)N2CCCCCC2)c1. The van der Waals surface area contributed by atoms with Gasteiger partial charge in [0.05, 0.1) is 5.02 Å². The van der Waals surface area contributed by atoms with E-state index < -0.39 is 10.0 Å². The molecule has 172 valence electrons. The number of rotatable bonds is 6. The Balaban J connectivity index is 1.57. The molecule has 0 unspecified atom stereocenters. The summed E-state index contributed by atoms with van der Waals surface area (Å²) in [5, 5.41) is 0.129. The normalized spacial score (nSPS) is 16.6. The Morgan fingerprint density at radius 2 is 1.75 bits per heavy atom. The lowest BCUT2D eigenvalue weighted by molar-refractivity contribution is 0.0752. The highest BCUT2D eigenvalue weighted by Crippen LogP contribution is 2.33. The lowest BCUT2D eigenvalue weighted by Crippen LogP contribution is -2.33. The highest BCUT2D eigenvalue weighted by molar-refractivity contribution is 7.89. The number of fused-ring (bicyclic) bond motifs is 1. The van der Waals surface area contributed by atoms with E-state index in [9.17, 15) is 13.2 Å². The number of halogens is 1. The maximum Gasteiger partial charge on any atom is 0.254 e. The van der Waals surface area contributed by atoms with Gasteiger partial charge in [-0.1, -0.05) is 30.5 Å². The minimum absolute atomic E-state index is 0.00829. The van der Waals surface area contributed by atoms with Crippen LogP contribution in [0.15, 0.2) is 41.3 Å². The molecular weight excluding hydrogens is 452 g/mol. The fraction of sp³-hybridized carbons (Fsp3) is 0.435. The van der Waals surface area contributed by atoms with E-state index in [1.165, 1.54) is 16.4 Å². The Bertz CT molecular complexity index is 1100. The molecule has 1 fully saturated rings. The van der Waals surface area contributed by atoms with Crippen molar-refractivity contribution in [2.24, 2.45) is 0 Å². The van der Waals surface area contributed by atoms with Gasteiger partial charge in [0.25, 0.3) is 5.91 Å². The van der Waals surface area contributed by atoms with Gasteiger partial charge in [0.15, 0.2) is 11.5 Å². The first kappa shape index (κ1) is 22.9. The molecule has 2 aliphatic heterocycles. The van der Waals surface area contributed by atoms with Crippen LogP contribution in [0.4, 0.5) is 0 Å². The molecule has 0 aromatic heterocycles. The van der Waals surface area contributed by atoms with E-state index in [2.05, 4.69) is 0 Å². The quantitative estimate of drug-likeness (QED) is 0.618. The number of ether oxygens (including phenoxy) is 2. The summed E-state index contributed by atoms with van der Waals surface area (Å²) in [4.78, 5) is 14.9. The average Bonchev–Trinajstić information content (AvgIpc) is 3.07. The van der Waals surface area contributed by atoms with Gasteiger partial charge in [0, 0.05) is 31.7 Å². The summed E-state index contributed by atoms with van der Waals surface area (Å²) >= 11 is 6.29. The molecule has 7 nitrogen and oxygen atoms in total. The van der Waals surface area contributed by atoms with Crippen molar-refractivity contribution >= 4 is 27.5 Å². The van der Waals surface area contributed by atoms with Crippen molar-refractivity contribution < 1.29 is 22.7 Å². The van der Waals surface area contributed by atoms with E-state index in [1.54, 1.807) is 11.0 Å². The summed E-state index contributed by atoms with van der Waals surface area (Å²) in [7, 11) is -3.77. The lowest BCUT2D eigenvalue weighted by Gasteiger charge is -2.23. The first-order valence-corrected chi connectivity index (χ1v) is 12.7. The average molecular weight is 479 g/mol. The Hall–Kier alpha value is -2.29. The molecule has 1 amide bonds. The van der Waals surface area contributed by atoms with Crippen LogP contribution in [0.1, 0.15) is 48.5 Å². The van der Waals surface area contributed by atoms with E-state index in [1.807, 2.05) is 25.1 Å². The Morgan fingerprint density at radius 1 is 1.03 bits per heavy atom. The third kappa shape index (κ3) is 4.72. The second-order valence-corrected chi connectivity index (χ2v) is 10.3. The number of carbonyl (C=O) groups is 1. The van der Waals surface area contributed by atoms with Gasteiger partial charge in [-0.3, -0.25) is 4.79 Å². The number of sulfonamides is 1. The van der Waals surface area contributed by atoms with Crippen LogP contribution in [0.5, 0.6) is 11.5 Å². The molecule has 1 saturated heterocycles. The summed E-state index contributed by atoms with van der Waals surface area (Å²) in [5.41, 5.74) is 1.20. The Labute approximate surface area is 193 Å². The second kappa shape index (κ2) is 9.68. The Morgan fingerprint density at radius 3 is 2.47 bits per heavy atom. The standard InChI is InChI=1S/C23H27ClN2O5S/c1-2-25(15-17-7-10-20-21(13-17)31-16-30-20)23(27)18-8-9-19(24)22(14-18)32(28,29)26-11-5-3-4-6-12-26/h7-10,13-14H,2-6,11-12,15-16H2,1H3. The first-order chi connectivity index (χ1) is 15.4. The van der Waals surface area contributed by atoms with Crippen molar-refractivity contribution in [3.63, 3.8) is 0 Å². The molecule has 0 bridgehead atoms. The van der Waals surface area contributed by atoms with Crippen LogP contribution >= 0.6 is 11.6 Å². The van der Waals surface area contributed by atoms with Crippen molar-refractivity contribution in [2.75, 3.05) is 26.4 Å².